The Bertz CT molecular complexity index is 1670. The highest BCUT2D eigenvalue weighted by Crippen LogP contribution is 2.27. The summed E-state index contributed by atoms with van der Waals surface area (Å²) in [6.45, 7) is 2.24. The van der Waals surface area contributed by atoms with Gasteiger partial charge in [0.1, 0.15) is 11.5 Å². The average Bonchev–Trinajstić information content (AvgIpc) is 3.34. The van der Waals surface area contributed by atoms with E-state index in [4.69, 9.17) is 4.74 Å². The molecule has 0 unspecified atom stereocenters. The third-order valence-corrected chi connectivity index (χ3v) is 5.45. The van der Waals surface area contributed by atoms with Crippen LogP contribution in [0.1, 0.15) is 11.1 Å². The third kappa shape index (κ3) is 4.47. The molecule has 0 aliphatic carbocycles. The molecule has 0 aliphatic rings. The molecule has 0 aliphatic heterocycles. The van der Waals surface area contributed by atoms with E-state index in [0.29, 0.717) is 35.0 Å². The summed E-state index contributed by atoms with van der Waals surface area (Å²) in [4.78, 5) is 45.0. The van der Waals surface area contributed by atoms with Gasteiger partial charge in [-0.05, 0) is 55.0 Å². The zero-order valence-corrected chi connectivity index (χ0v) is 18.8. The van der Waals surface area contributed by atoms with Gasteiger partial charge in [-0.25, -0.2) is 28.5 Å². The number of para-hydroxylation sites is 1. The molecule has 174 valence electrons. The SMILES string of the molecule is Cc1cccc(-n2c(=O)[nH]c(=O)n(-c3ccc(Oc4ccccc4)c(Cn4ccnc4)c3)c2=O)c1. The maximum Gasteiger partial charge on any atom is 0.345 e. The molecule has 0 radical (unpaired) electrons. The van der Waals surface area contributed by atoms with Gasteiger partial charge in [0.15, 0.2) is 0 Å². The Kier molecular flexibility index (Phi) is 5.72. The molecular weight excluding hydrogens is 446 g/mol. The first kappa shape index (κ1) is 21.9. The lowest BCUT2D eigenvalue weighted by molar-refractivity contribution is 0.474. The Morgan fingerprint density at radius 3 is 2.29 bits per heavy atom. The molecule has 5 aromatic rings. The van der Waals surface area contributed by atoms with Crippen molar-refractivity contribution in [1.82, 2.24) is 23.7 Å². The minimum Gasteiger partial charge on any atom is -0.457 e. The monoisotopic (exact) mass is 467 g/mol. The van der Waals surface area contributed by atoms with Gasteiger partial charge in [-0.15, -0.1) is 0 Å². The molecule has 2 heterocycles. The molecule has 5 rings (SSSR count). The van der Waals surface area contributed by atoms with Crippen molar-refractivity contribution in [2.75, 3.05) is 0 Å². The second kappa shape index (κ2) is 9.14. The van der Waals surface area contributed by atoms with Gasteiger partial charge in [-0.2, -0.15) is 0 Å². The van der Waals surface area contributed by atoms with Crippen molar-refractivity contribution in [3.63, 3.8) is 0 Å². The van der Waals surface area contributed by atoms with Crippen LogP contribution >= 0.6 is 0 Å². The van der Waals surface area contributed by atoms with Crippen LogP contribution in [-0.4, -0.2) is 23.7 Å². The smallest absolute Gasteiger partial charge is 0.345 e. The van der Waals surface area contributed by atoms with Crippen LogP contribution in [0.5, 0.6) is 11.5 Å². The predicted molar refractivity (Wildman–Crippen MR) is 131 cm³/mol. The Balaban J connectivity index is 1.66. The number of aromatic amines is 1. The second-order valence-electron chi connectivity index (χ2n) is 7.97. The Morgan fingerprint density at radius 1 is 0.857 bits per heavy atom. The Hall–Kier alpha value is -4.92. The number of hydrogen-bond acceptors (Lipinski definition) is 5. The summed E-state index contributed by atoms with van der Waals surface area (Å²) in [5.41, 5.74) is -0.144. The van der Waals surface area contributed by atoms with Gasteiger partial charge < -0.3 is 9.30 Å². The van der Waals surface area contributed by atoms with E-state index in [1.54, 1.807) is 55.1 Å². The highest BCUT2D eigenvalue weighted by molar-refractivity contribution is 5.46. The van der Waals surface area contributed by atoms with Crippen LogP contribution in [0.2, 0.25) is 0 Å². The van der Waals surface area contributed by atoms with E-state index in [1.165, 1.54) is 0 Å². The predicted octanol–water partition coefficient (Wildman–Crippen LogP) is 3.02. The van der Waals surface area contributed by atoms with Gasteiger partial charge in [0.25, 0.3) is 0 Å². The minimum atomic E-state index is -0.825. The average molecular weight is 467 g/mol. The molecule has 9 nitrogen and oxygen atoms in total. The van der Waals surface area contributed by atoms with E-state index < -0.39 is 17.1 Å². The van der Waals surface area contributed by atoms with Crippen LogP contribution in [0.15, 0.2) is 106 Å². The van der Waals surface area contributed by atoms with E-state index in [2.05, 4.69) is 9.97 Å². The van der Waals surface area contributed by atoms with E-state index in [1.807, 2.05) is 47.9 Å². The van der Waals surface area contributed by atoms with Crippen molar-refractivity contribution in [1.29, 1.82) is 0 Å². The first-order valence-electron chi connectivity index (χ1n) is 10.9. The maximum atomic E-state index is 13.4. The van der Waals surface area contributed by atoms with E-state index in [-0.39, 0.29) is 0 Å². The van der Waals surface area contributed by atoms with Crippen molar-refractivity contribution in [2.24, 2.45) is 0 Å². The summed E-state index contributed by atoms with van der Waals surface area (Å²) < 4.78 is 9.80. The van der Waals surface area contributed by atoms with Gasteiger partial charge in [-0.1, -0.05) is 30.3 Å². The van der Waals surface area contributed by atoms with Crippen molar-refractivity contribution < 1.29 is 4.74 Å². The standard InChI is InChI=1S/C26H21N5O4/c1-18-6-5-7-20(14-18)30-24(32)28-25(33)31(26(30)34)21-10-11-23(35-22-8-3-2-4-9-22)19(15-21)16-29-13-12-27-17-29/h2-15,17H,16H2,1H3,(H,28,32,33). The topological polar surface area (TPSA) is 104 Å². The van der Waals surface area contributed by atoms with Crippen LogP contribution in [0.25, 0.3) is 11.4 Å². The van der Waals surface area contributed by atoms with E-state index >= 15 is 0 Å². The van der Waals surface area contributed by atoms with Gasteiger partial charge in [0, 0.05) is 18.0 Å². The largest absolute Gasteiger partial charge is 0.457 e. The lowest BCUT2D eigenvalue weighted by atomic mass is 10.1. The van der Waals surface area contributed by atoms with Crippen molar-refractivity contribution in [3.8, 4) is 22.9 Å². The highest BCUT2D eigenvalue weighted by atomic mass is 16.5. The van der Waals surface area contributed by atoms with Crippen molar-refractivity contribution in [3.05, 3.63) is 134 Å². The normalized spacial score (nSPS) is 10.9. The number of imidazole rings is 1. The molecule has 9 heteroatoms. The Morgan fingerprint density at radius 2 is 1.60 bits per heavy atom. The van der Waals surface area contributed by atoms with Crippen LogP contribution in [0, 0.1) is 6.92 Å². The molecular formula is C26H21N5O4. The summed E-state index contributed by atoms with van der Waals surface area (Å²) in [6.07, 6.45) is 5.13. The van der Waals surface area contributed by atoms with E-state index in [0.717, 1.165) is 14.7 Å². The fourth-order valence-corrected chi connectivity index (χ4v) is 3.82. The lowest BCUT2D eigenvalue weighted by Crippen LogP contribution is -2.48. The van der Waals surface area contributed by atoms with Crippen LogP contribution in [0.4, 0.5) is 0 Å². The number of aromatic nitrogens is 5. The molecule has 0 spiro atoms. The molecule has 1 N–H and O–H groups in total. The van der Waals surface area contributed by atoms with Crippen LogP contribution in [0.3, 0.4) is 0 Å². The third-order valence-electron chi connectivity index (χ3n) is 5.45. The molecule has 2 aromatic heterocycles. The number of nitrogens with zero attached hydrogens (tertiary/aromatic N) is 4. The zero-order valence-electron chi connectivity index (χ0n) is 18.8. The number of hydrogen-bond donors (Lipinski definition) is 1. The van der Waals surface area contributed by atoms with Crippen molar-refractivity contribution in [2.45, 2.75) is 13.5 Å². The molecule has 35 heavy (non-hydrogen) atoms. The van der Waals surface area contributed by atoms with Gasteiger partial charge in [-0.3, -0.25) is 4.98 Å². The number of aryl methyl sites for hydroxylation is 1. The molecule has 0 amide bonds. The lowest BCUT2D eigenvalue weighted by Gasteiger charge is -2.15. The Labute approximate surface area is 199 Å². The first-order valence-corrected chi connectivity index (χ1v) is 10.9. The van der Waals surface area contributed by atoms with Gasteiger partial charge >= 0.3 is 17.1 Å². The fraction of sp³-hybridized carbons (Fsp3) is 0.0769. The van der Waals surface area contributed by atoms with E-state index in [9.17, 15) is 14.4 Å². The summed E-state index contributed by atoms with van der Waals surface area (Å²) in [5, 5.41) is 0. The number of H-pyrrole nitrogens is 1. The molecule has 0 saturated heterocycles. The minimum absolute atomic E-state index is 0.299. The highest BCUT2D eigenvalue weighted by Gasteiger charge is 2.16. The summed E-state index contributed by atoms with van der Waals surface area (Å²) in [6, 6.07) is 21.2. The first-order chi connectivity index (χ1) is 17.0. The zero-order chi connectivity index (χ0) is 24.4. The molecule has 0 fully saturated rings. The number of benzene rings is 3. The number of rotatable bonds is 6. The molecule has 0 saturated carbocycles. The fourth-order valence-electron chi connectivity index (χ4n) is 3.82. The maximum absolute atomic E-state index is 13.4. The van der Waals surface area contributed by atoms with Crippen LogP contribution in [-0.2, 0) is 6.54 Å². The molecule has 3 aromatic carbocycles. The number of ether oxygens (including phenoxy) is 1. The summed E-state index contributed by atoms with van der Waals surface area (Å²) >= 11 is 0. The molecule has 0 atom stereocenters. The quantitative estimate of drug-likeness (QED) is 0.413. The van der Waals surface area contributed by atoms with Crippen molar-refractivity contribution >= 4 is 0 Å². The summed E-state index contributed by atoms with van der Waals surface area (Å²) in [7, 11) is 0. The molecule has 0 bridgehead atoms. The van der Waals surface area contributed by atoms with Gasteiger partial charge in [0.2, 0.25) is 0 Å². The number of nitrogens with one attached hydrogen (secondary N) is 1. The second-order valence-corrected chi connectivity index (χ2v) is 7.97. The summed E-state index contributed by atoms with van der Waals surface area (Å²) in [5.74, 6) is 1.21. The van der Waals surface area contributed by atoms with Crippen LogP contribution < -0.4 is 21.8 Å². The van der Waals surface area contributed by atoms with Gasteiger partial charge in [0.05, 0.1) is 24.2 Å².